The zero-order valence-electron chi connectivity index (χ0n) is 12.6. The highest BCUT2D eigenvalue weighted by Crippen LogP contribution is 2.43. The molecule has 0 atom stereocenters. The fourth-order valence-corrected chi connectivity index (χ4v) is 2.33. The topological polar surface area (TPSA) is 26.3 Å². The molecular weight excluding hydrogens is 292 g/mol. The highest BCUT2D eigenvalue weighted by Gasteiger charge is 2.43. The van der Waals surface area contributed by atoms with Crippen LogP contribution in [0.1, 0.15) is 66.7 Å². The van der Waals surface area contributed by atoms with E-state index in [4.69, 9.17) is 4.74 Å². The van der Waals surface area contributed by atoms with Crippen LogP contribution in [0.5, 0.6) is 0 Å². The van der Waals surface area contributed by atoms with Crippen molar-refractivity contribution >= 4 is 21.9 Å². The highest BCUT2D eigenvalue weighted by atomic mass is 79.9. The first-order chi connectivity index (χ1) is 8.29. The van der Waals surface area contributed by atoms with E-state index < -0.39 is 5.41 Å². The Bertz CT molecular complexity index is 247. The number of hydrogen-bond donors (Lipinski definition) is 0. The van der Waals surface area contributed by atoms with Crippen molar-refractivity contribution in [2.45, 2.75) is 66.7 Å². The maximum atomic E-state index is 12.2. The van der Waals surface area contributed by atoms with Crippen LogP contribution < -0.4 is 0 Å². The van der Waals surface area contributed by atoms with Crippen molar-refractivity contribution < 1.29 is 9.53 Å². The van der Waals surface area contributed by atoms with E-state index in [0.29, 0.717) is 6.61 Å². The summed E-state index contributed by atoms with van der Waals surface area (Å²) in [4.78, 5) is 12.2. The van der Waals surface area contributed by atoms with Crippen LogP contribution in [0.25, 0.3) is 0 Å². The lowest BCUT2D eigenvalue weighted by Gasteiger charge is -2.39. The molecule has 108 valence electrons. The van der Waals surface area contributed by atoms with Crippen LogP contribution in [-0.4, -0.2) is 17.9 Å². The molecule has 0 aromatic rings. The Kier molecular flexibility index (Phi) is 8.16. The number of alkyl halides is 1. The molecule has 18 heavy (non-hydrogen) atoms. The highest BCUT2D eigenvalue weighted by molar-refractivity contribution is 9.09. The molecule has 0 aliphatic rings. The molecule has 0 spiro atoms. The molecule has 0 unspecified atom stereocenters. The average molecular weight is 321 g/mol. The standard InChI is InChI=1S/C15H29BrO2/c1-6-10-14(2,3)15(4,5)13(17)18-12-9-7-8-11-16/h6-12H2,1-5H3. The smallest absolute Gasteiger partial charge is 0.312 e. The van der Waals surface area contributed by atoms with Crippen LogP contribution >= 0.6 is 15.9 Å². The SMILES string of the molecule is CCCC(C)(C)C(C)(C)C(=O)OCCCCCBr. The summed E-state index contributed by atoms with van der Waals surface area (Å²) in [6.07, 6.45) is 5.34. The molecule has 0 aliphatic carbocycles. The van der Waals surface area contributed by atoms with Gasteiger partial charge in [-0.1, -0.05) is 43.1 Å². The number of carbonyl (C=O) groups is 1. The minimum absolute atomic E-state index is 0.0192. The van der Waals surface area contributed by atoms with Crippen molar-refractivity contribution in [1.82, 2.24) is 0 Å². The van der Waals surface area contributed by atoms with E-state index in [2.05, 4.69) is 36.7 Å². The van der Waals surface area contributed by atoms with Gasteiger partial charge in [0.15, 0.2) is 0 Å². The number of hydrogen-bond acceptors (Lipinski definition) is 2. The zero-order valence-corrected chi connectivity index (χ0v) is 14.2. The van der Waals surface area contributed by atoms with Crippen LogP contribution in [0.4, 0.5) is 0 Å². The van der Waals surface area contributed by atoms with E-state index in [9.17, 15) is 4.79 Å². The molecule has 0 aromatic heterocycles. The van der Waals surface area contributed by atoms with Gasteiger partial charge in [-0.25, -0.2) is 0 Å². The van der Waals surface area contributed by atoms with Gasteiger partial charge in [0.05, 0.1) is 12.0 Å². The molecule has 2 nitrogen and oxygen atoms in total. The Hall–Kier alpha value is -0.0500. The lowest BCUT2D eigenvalue weighted by Crippen LogP contribution is -2.41. The van der Waals surface area contributed by atoms with Gasteiger partial charge in [0.1, 0.15) is 0 Å². The molecule has 0 aliphatic heterocycles. The molecule has 0 rings (SSSR count). The number of unbranched alkanes of at least 4 members (excludes halogenated alkanes) is 2. The summed E-state index contributed by atoms with van der Waals surface area (Å²) in [5.41, 5.74) is -0.437. The molecule has 0 fully saturated rings. The fourth-order valence-electron chi connectivity index (χ4n) is 1.93. The van der Waals surface area contributed by atoms with E-state index >= 15 is 0 Å². The van der Waals surface area contributed by atoms with E-state index in [0.717, 1.165) is 37.4 Å². The number of halogens is 1. The predicted octanol–water partition coefficient (Wildman–Crippen LogP) is 4.95. The van der Waals surface area contributed by atoms with Crippen LogP contribution in [0.3, 0.4) is 0 Å². The van der Waals surface area contributed by atoms with Crippen molar-refractivity contribution in [3.63, 3.8) is 0 Å². The first-order valence-electron chi connectivity index (χ1n) is 7.02. The third-order valence-corrected chi connectivity index (χ3v) is 4.65. The summed E-state index contributed by atoms with van der Waals surface area (Å²) < 4.78 is 5.43. The Morgan fingerprint density at radius 3 is 2.22 bits per heavy atom. The molecule has 0 saturated carbocycles. The van der Waals surface area contributed by atoms with Gasteiger partial charge in [0.25, 0.3) is 0 Å². The summed E-state index contributed by atoms with van der Waals surface area (Å²) in [5, 5.41) is 1.02. The van der Waals surface area contributed by atoms with E-state index in [1.54, 1.807) is 0 Å². The van der Waals surface area contributed by atoms with Gasteiger partial charge in [-0.2, -0.15) is 0 Å². The molecule has 0 bridgehead atoms. The lowest BCUT2D eigenvalue weighted by atomic mass is 9.65. The second kappa shape index (κ2) is 8.19. The van der Waals surface area contributed by atoms with Gasteiger partial charge in [-0.15, -0.1) is 0 Å². The average Bonchev–Trinajstić information content (AvgIpc) is 2.28. The summed E-state index contributed by atoms with van der Waals surface area (Å²) in [7, 11) is 0. The molecule has 0 N–H and O–H groups in total. The fraction of sp³-hybridized carbons (Fsp3) is 0.933. The molecule has 0 heterocycles. The molecule has 0 aromatic carbocycles. The van der Waals surface area contributed by atoms with Crippen LogP contribution in [0.2, 0.25) is 0 Å². The number of carbonyl (C=O) groups excluding carboxylic acids is 1. The minimum Gasteiger partial charge on any atom is -0.465 e. The quantitative estimate of drug-likeness (QED) is 0.341. The summed E-state index contributed by atoms with van der Waals surface area (Å²) >= 11 is 3.40. The largest absolute Gasteiger partial charge is 0.465 e. The van der Waals surface area contributed by atoms with Crippen LogP contribution in [0, 0.1) is 10.8 Å². The van der Waals surface area contributed by atoms with E-state index in [-0.39, 0.29) is 11.4 Å². The van der Waals surface area contributed by atoms with Crippen LogP contribution in [0.15, 0.2) is 0 Å². The van der Waals surface area contributed by atoms with Gasteiger partial charge in [-0.3, -0.25) is 4.79 Å². The Morgan fingerprint density at radius 1 is 1.11 bits per heavy atom. The minimum atomic E-state index is -0.418. The zero-order chi connectivity index (χ0) is 14.2. The second-order valence-corrected chi connectivity index (χ2v) is 6.94. The monoisotopic (exact) mass is 320 g/mol. The maximum Gasteiger partial charge on any atom is 0.312 e. The van der Waals surface area contributed by atoms with Crippen molar-refractivity contribution in [2.75, 3.05) is 11.9 Å². The summed E-state index contributed by atoms with van der Waals surface area (Å²) in [6, 6.07) is 0. The normalized spacial score (nSPS) is 12.6. The van der Waals surface area contributed by atoms with Crippen molar-refractivity contribution in [2.24, 2.45) is 10.8 Å². The molecule has 3 heteroatoms. The Balaban J connectivity index is 4.22. The Morgan fingerprint density at radius 2 is 1.72 bits per heavy atom. The molecule has 0 amide bonds. The molecular formula is C15H29BrO2. The number of esters is 1. The second-order valence-electron chi connectivity index (χ2n) is 6.14. The van der Waals surface area contributed by atoms with E-state index in [1.165, 1.54) is 0 Å². The van der Waals surface area contributed by atoms with E-state index in [1.807, 2.05) is 13.8 Å². The molecule has 0 radical (unpaired) electrons. The Labute approximate surface area is 121 Å². The third-order valence-electron chi connectivity index (χ3n) is 4.09. The lowest BCUT2D eigenvalue weighted by molar-refractivity contribution is -0.161. The van der Waals surface area contributed by atoms with Crippen molar-refractivity contribution in [3.05, 3.63) is 0 Å². The first kappa shape index (κ1) is 17.9. The van der Waals surface area contributed by atoms with Gasteiger partial charge >= 0.3 is 5.97 Å². The van der Waals surface area contributed by atoms with Gasteiger partial charge in [0, 0.05) is 5.33 Å². The number of rotatable bonds is 9. The predicted molar refractivity (Wildman–Crippen MR) is 81.1 cm³/mol. The summed E-state index contributed by atoms with van der Waals surface area (Å²) in [5.74, 6) is -0.0557. The van der Waals surface area contributed by atoms with Crippen molar-refractivity contribution in [3.8, 4) is 0 Å². The van der Waals surface area contributed by atoms with Gasteiger partial charge in [0.2, 0.25) is 0 Å². The maximum absolute atomic E-state index is 12.2. The van der Waals surface area contributed by atoms with Crippen molar-refractivity contribution in [1.29, 1.82) is 0 Å². The number of ether oxygens (including phenoxy) is 1. The van der Waals surface area contributed by atoms with Crippen LogP contribution in [-0.2, 0) is 9.53 Å². The first-order valence-corrected chi connectivity index (χ1v) is 8.15. The van der Waals surface area contributed by atoms with Gasteiger partial charge < -0.3 is 4.74 Å². The summed E-state index contributed by atoms with van der Waals surface area (Å²) in [6.45, 7) is 11.0. The molecule has 0 saturated heterocycles. The third kappa shape index (κ3) is 5.29. The van der Waals surface area contributed by atoms with Gasteiger partial charge in [-0.05, 0) is 44.9 Å².